The zero-order chi connectivity index (χ0) is 12.5. The van der Waals surface area contributed by atoms with Crippen molar-refractivity contribution in [1.82, 2.24) is 0 Å². The van der Waals surface area contributed by atoms with Gasteiger partial charge < -0.3 is 35.4 Å². The van der Waals surface area contributed by atoms with E-state index in [0.29, 0.717) is 0 Å². The van der Waals surface area contributed by atoms with Crippen molar-refractivity contribution in [3.8, 4) is 0 Å². The van der Waals surface area contributed by atoms with Crippen LogP contribution in [-0.4, -0.2) is 67.6 Å². The molecule has 6 N–H and O–H groups in total. The van der Waals surface area contributed by atoms with Crippen LogP contribution in [0.15, 0.2) is 11.5 Å². The molecule has 8 nitrogen and oxygen atoms in total. The Morgan fingerprint density at radius 2 is 1.88 bits per heavy atom. The molecular weight excluding hydrogens is 224 g/mol. The smallest absolute Gasteiger partial charge is 0.348 e. The summed E-state index contributed by atoms with van der Waals surface area (Å²) in [5.74, 6) is -2.86. The van der Waals surface area contributed by atoms with Gasteiger partial charge >= 0.3 is 5.97 Å². The van der Waals surface area contributed by atoms with Crippen molar-refractivity contribution in [1.29, 1.82) is 0 Å². The summed E-state index contributed by atoms with van der Waals surface area (Å²) in [6, 6.07) is 0. The average molecular weight is 236 g/mol. The highest BCUT2D eigenvalue weighted by atomic mass is 16.6. The first-order valence-electron chi connectivity index (χ1n) is 4.38. The summed E-state index contributed by atoms with van der Waals surface area (Å²) in [7, 11) is 0. The van der Waals surface area contributed by atoms with Crippen molar-refractivity contribution in [2.45, 2.75) is 24.4 Å². The molecule has 4 unspecified atom stereocenters. The lowest BCUT2D eigenvalue weighted by atomic mass is 10.1. The molecule has 0 bridgehead atoms. The Morgan fingerprint density at radius 3 is 2.25 bits per heavy atom. The molecule has 0 fully saturated rings. The van der Waals surface area contributed by atoms with Crippen molar-refractivity contribution >= 4 is 5.97 Å². The van der Waals surface area contributed by atoms with E-state index in [1.165, 1.54) is 0 Å². The normalized spacial score (nSPS) is 26.6. The van der Waals surface area contributed by atoms with Crippen LogP contribution in [0.4, 0.5) is 0 Å². The zero-order valence-electron chi connectivity index (χ0n) is 8.02. The predicted molar refractivity (Wildman–Crippen MR) is 46.9 cm³/mol. The van der Waals surface area contributed by atoms with E-state index in [0.717, 1.165) is 0 Å². The van der Waals surface area contributed by atoms with Gasteiger partial charge in [-0.25, -0.2) is 4.79 Å². The number of aliphatic hydroxyl groups excluding tert-OH is 6. The van der Waals surface area contributed by atoms with Crippen molar-refractivity contribution < 1.29 is 40.2 Å². The molecule has 0 spiro atoms. The van der Waals surface area contributed by atoms with Crippen LogP contribution in [0.25, 0.3) is 0 Å². The Morgan fingerprint density at radius 1 is 1.31 bits per heavy atom. The first-order chi connectivity index (χ1) is 7.40. The van der Waals surface area contributed by atoms with Crippen molar-refractivity contribution in [2.75, 3.05) is 6.61 Å². The largest absolute Gasteiger partial charge is 0.506 e. The number of esters is 1. The number of carbonyl (C=O) groups excluding carboxylic acids is 1. The van der Waals surface area contributed by atoms with Crippen LogP contribution in [0, 0.1) is 0 Å². The molecule has 1 heterocycles. The van der Waals surface area contributed by atoms with E-state index < -0.39 is 48.5 Å². The molecule has 16 heavy (non-hydrogen) atoms. The summed E-state index contributed by atoms with van der Waals surface area (Å²) < 4.78 is 4.30. The molecule has 8 heteroatoms. The van der Waals surface area contributed by atoms with Crippen molar-refractivity contribution in [2.24, 2.45) is 0 Å². The van der Waals surface area contributed by atoms with Gasteiger partial charge in [0.25, 0.3) is 0 Å². The van der Waals surface area contributed by atoms with Gasteiger partial charge in [-0.2, -0.15) is 0 Å². The monoisotopic (exact) mass is 236 g/mol. The van der Waals surface area contributed by atoms with E-state index in [1.54, 1.807) is 0 Å². The Kier molecular flexibility index (Phi) is 3.83. The molecule has 0 radical (unpaired) electrons. The van der Waals surface area contributed by atoms with Crippen LogP contribution in [0.3, 0.4) is 0 Å². The number of hydrogen-bond donors (Lipinski definition) is 6. The van der Waals surface area contributed by atoms with Gasteiger partial charge in [0, 0.05) is 0 Å². The molecule has 1 rings (SSSR count). The first-order valence-corrected chi connectivity index (χ1v) is 4.38. The number of cyclic esters (lactones) is 1. The Bertz CT molecular complexity index is 311. The Balaban J connectivity index is 2.82. The molecule has 0 saturated heterocycles. The molecule has 0 aromatic heterocycles. The van der Waals surface area contributed by atoms with Crippen LogP contribution < -0.4 is 0 Å². The fourth-order valence-electron chi connectivity index (χ4n) is 1.15. The quantitative estimate of drug-likeness (QED) is 0.279. The fraction of sp³-hybridized carbons (Fsp3) is 0.625. The molecule has 0 saturated carbocycles. The SMILES string of the molecule is O=C1OC(C(O)C(O)C(O)CO)=C(O)C1O. The van der Waals surface area contributed by atoms with Gasteiger partial charge in [-0.05, 0) is 0 Å². The average Bonchev–Trinajstić information content (AvgIpc) is 2.54. The standard InChI is InChI=1S/C8H12O8/c9-1-2(10)3(11)4(12)7-5(13)6(14)8(15)16-7/h2-4,6,9-14H,1H2. The van der Waals surface area contributed by atoms with Crippen LogP contribution in [0.5, 0.6) is 0 Å². The summed E-state index contributed by atoms with van der Waals surface area (Å²) in [6.45, 7) is -0.831. The fourth-order valence-corrected chi connectivity index (χ4v) is 1.15. The minimum absolute atomic E-state index is 0.738. The third-order valence-corrected chi connectivity index (χ3v) is 2.12. The van der Waals surface area contributed by atoms with Gasteiger partial charge in [0.05, 0.1) is 6.61 Å². The summed E-state index contributed by atoms with van der Waals surface area (Å²) >= 11 is 0. The molecule has 4 atom stereocenters. The van der Waals surface area contributed by atoms with Gasteiger partial charge in [0.15, 0.2) is 11.5 Å². The topological polar surface area (TPSA) is 148 Å². The molecule has 0 amide bonds. The first kappa shape index (κ1) is 12.9. The van der Waals surface area contributed by atoms with Crippen molar-refractivity contribution in [3.05, 3.63) is 11.5 Å². The van der Waals surface area contributed by atoms with Gasteiger partial charge in [-0.3, -0.25) is 0 Å². The number of aliphatic hydroxyl groups is 6. The third-order valence-electron chi connectivity index (χ3n) is 2.12. The van der Waals surface area contributed by atoms with Gasteiger partial charge in [-0.15, -0.1) is 0 Å². The number of ether oxygens (including phenoxy) is 1. The second-order valence-electron chi connectivity index (χ2n) is 3.26. The molecule has 0 aromatic carbocycles. The summed E-state index contributed by atoms with van der Waals surface area (Å²) in [5, 5.41) is 54.3. The molecule has 0 aliphatic carbocycles. The highest BCUT2D eigenvalue weighted by Crippen LogP contribution is 2.24. The van der Waals surface area contributed by atoms with Crippen molar-refractivity contribution in [3.63, 3.8) is 0 Å². The highest BCUT2D eigenvalue weighted by molar-refractivity contribution is 5.81. The van der Waals surface area contributed by atoms with E-state index in [1.807, 2.05) is 0 Å². The Labute approximate surface area is 89.6 Å². The minimum Gasteiger partial charge on any atom is -0.506 e. The lowest BCUT2D eigenvalue weighted by molar-refractivity contribution is -0.147. The van der Waals surface area contributed by atoms with E-state index >= 15 is 0 Å². The maximum atomic E-state index is 10.8. The Hall–Kier alpha value is -1.19. The van der Waals surface area contributed by atoms with E-state index in [9.17, 15) is 20.1 Å². The number of rotatable bonds is 4. The summed E-state index contributed by atoms with van der Waals surface area (Å²) in [6.07, 6.45) is -7.38. The van der Waals surface area contributed by atoms with E-state index in [-0.39, 0.29) is 0 Å². The molecule has 0 aromatic rings. The van der Waals surface area contributed by atoms with E-state index in [2.05, 4.69) is 4.74 Å². The molecule has 1 aliphatic rings. The lowest BCUT2D eigenvalue weighted by Crippen LogP contribution is -2.41. The molecule has 1 aliphatic heterocycles. The van der Waals surface area contributed by atoms with Crippen LogP contribution in [-0.2, 0) is 9.53 Å². The lowest BCUT2D eigenvalue weighted by Gasteiger charge is -2.21. The van der Waals surface area contributed by atoms with Gasteiger partial charge in [0.2, 0.25) is 6.10 Å². The van der Waals surface area contributed by atoms with Gasteiger partial charge in [-0.1, -0.05) is 0 Å². The van der Waals surface area contributed by atoms with E-state index in [4.69, 9.17) is 15.3 Å². The predicted octanol–water partition coefficient (Wildman–Crippen LogP) is -3.25. The maximum absolute atomic E-state index is 10.8. The van der Waals surface area contributed by atoms with Crippen LogP contribution in [0.2, 0.25) is 0 Å². The molecular formula is C8H12O8. The number of carbonyl (C=O) groups is 1. The summed E-state index contributed by atoms with van der Waals surface area (Å²) in [5.41, 5.74) is 0. The van der Waals surface area contributed by atoms with Crippen LogP contribution in [0.1, 0.15) is 0 Å². The third kappa shape index (κ3) is 2.15. The summed E-state index contributed by atoms with van der Waals surface area (Å²) in [4.78, 5) is 10.8. The van der Waals surface area contributed by atoms with Gasteiger partial charge in [0.1, 0.15) is 18.3 Å². The second kappa shape index (κ2) is 4.76. The highest BCUT2D eigenvalue weighted by Gasteiger charge is 2.41. The van der Waals surface area contributed by atoms with Crippen LogP contribution >= 0.6 is 0 Å². The molecule has 92 valence electrons. The minimum atomic E-state index is -1.93. The second-order valence-corrected chi connectivity index (χ2v) is 3.26. The zero-order valence-corrected chi connectivity index (χ0v) is 8.02. The maximum Gasteiger partial charge on any atom is 0.348 e. The number of hydrogen-bond acceptors (Lipinski definition) is 8.